The smallest absolute Gasteiger partial charge is 0.221 e. The van der Waals surface area contributed by atoms with E-state index in [1.54, 1.807) is 7.11 Å². The van der Waals surface area contributed by atoms with Gasteiger partial charge in [0.15, 0.2) is 0 Å². The average Bonchev–Trinajstić information content (AvgIpc) is 2.36. The molecule has 0 spiro atoms. The fourth-order valence-electron chi connectivity index (χ4n) is 1.25. The Morgan fingerprint density at radius 1 is 1.28 bits per heavy atom. The van der Waals surface area contributed by atoms with Crippen LogP contribution in [0, 0.1) is 0 Å². The number of halogens is 1. The molecule has 0 aliphatic heterocycles. The van der Waals surface area contributed by atoms with Crippen LogP contribution in [-0.2, 0) is 4.79 Å². The van der Waals surface area contributed by atoms with Gasteiger partial charge in [-0.15, -0.1) is 12.4 Å². The second-order valence-corrected chi connectivity index (χ2v) is 3.41. The Morgan fingerprint density at radius 2 is 1.89 bits per heavy atom. The molecule has 5 nitrogen and oxygen atoms in total. The van der Waals surface area contributed by atoms with Gasteiger partial charge in [0.25, 0.3) is 0 Å². The van der Waals surface area contributed by atoms with Crippen LogP contribution in [0.4, 0.5) is 0 Å². The summed E-state index contributed by atoms with van der Waals surface area (Å²) in [4.78, 5) is 11.1. The number of methoxy groups -OCH3 is 1. The predicted molar refractivity (Wildman–Crippen MR) is 72.4 cm³/mol. The van der Waals surface area contributed by atoms with Crippen molar-refractivity contribution >= 4 is 18.3 Å². The number of carbonyl (C=O) groups is 1. The van der Waals surface area contributed by atoms with E-state index in [4.69, 9.17) is 15.2 Å². The SMILES string of the molecule is COc1ccc(OCCNC(=O)CCN)cc1.Cl. The summed E-state index contributed by atoms with van der Waals surface area (Å²) in [5.41, 5.74) is 5.25. The topological polar surface area (TPSA) is 73.6 Å². The number of nitrogens with two attached hydrogens (primary N) is 1. The lowest BCUT2D eigenvalue weighted by molar-refractivity contribution is -0.120. The van der Waals surface area contributed by atoms with Crippen molar-refractivity contribution in [3.8, 4) is 11.5 Å². The first-order chi connectivity index (χ1) is 8.26. The quantitative estimate of drug-likeness (QED) is 0.727. The Balaban J connectivity index is 0.00000289. The van der Waals surface area contributed by atoms with Gasteiger partial charge in [0, 0.05) is 13.0 Å². The van der Waals surface area contributed by atoms with E-state index in [-0.39, 0.29) is 18.3 Å². The van der Waals surface area contributed by atoms with E-state index in [0.717, 1.165) is 11.5 Å². The zero-order valence-electron chi connectivity index (χ0n) is 10.3. The summed E-state index contributed by atoms with van der Waals surface area (Å²) >= 11 is 0. The molecule has 3 N–H and O–H groups in total. The molecule has 1 aromatic carbocycles. The van der Waals surface area contributed by atoms with Crippen molar-refractivity contribution in [2.24, 2.45) is 5.73 Å². The second-order valence-electron chi connectivity index (χ2n) is 3.41. The Kier molecular flexibility index (Phi) is 8.78. The highest BCUT2D eigenvalue weighted by Crippen LogP contribution is 2.16. The minimum Gasteiger partial charge on any atom is -0.497 e. The van der Waals surface area contributed by atoms with Crippen molar-refractivity contribution in [1.82, 2.24) is 5.32 Å². The Morgan fingerprint density at radius 3 is 2.44 bits per heavy atom. The highest BCUT2D eigenvalue weighted by molar-refractivity contribution is 5.85. The lowest BCUT2D eigenvalue weighted by Gasteiger charge is -2.08. The largest absolute Gasteiger partial charge is 0.497 e. The number of nitrogens with one attached hydrogen (secondary N) is 1. The molecule has 0 radical (unpaired) electrons. The maximum atomic E-state index is 11.1. The number of amides is 1. The van der Waals surface area contributed by atoms with Gasteiger partial charge in [-0.25, -0.2) is 0 Å². The lowest BCUT2D eigenvalue weighted by Crippen LogP contribution is -2.29. The van der Waals surface area contributed by atoms with Crippen molar-refractivity contribution in [3.05, 3.63) is 24.3 Å². The Hall–Kier alpha value is -1.46. The molecule has 0 heterocycles. The summed E-state index contributed by atoms with van der Waals surface area (Å²) in [6.45, 7) is 1.28. The van der Waals surface area contributed by atoms with Crippen molar-refractivity contribution in [1.29, 1.82) is 0 Å². The van der Waals surface area contributed by atoms with E-state index in [1.807, 2.05) is 24.3 Å². The second kappa shape index (κ2) is 9.56. The fraction of sp³-hybridized carbons (Fsp3) is 0.417. The molecule has 0 atom stereocenters. The number of ether oxygens (including phenoxy) is 2. The molecular weight excluding hydrogens is 256 g/mol. The van der Waals surface area contributed by atoms with Gasteiger partial charge < -0.3 is 20.5 Å². The molecule has 102 valence electrons. The summed E-state index contributed by atoms with van der Waals surface area (Å²) < 4.78 is 10.5. The van der Waals surface area contributed by atoms with Crippen LogP contribution >= 0.6 is 12.4 Å². The summed E-state index contributed by atoms with van der Waals surface area (Å²) in [6, 6.07) is 7.28. The maximum absolute atomic E-state index is 11.1. The molecule has 18 heavy (non-hydrogen) atoms. The normalized spacial score (nSPS) is 9.22. The van der Waals surface area contributed by atoms with Crippen LogP contribution in [0.5, 0.6) is 11.5 Å². The van der Waals surface area contributed by atoms with Crippen LogP contribution < -0.4 is 20.5 Å². The van der Waals surface area contributed by atoms with Crippen LogP contribution in [0.1, 0.15) is 6.42 Å². The minimum atomic E-state index is -0.0502. The summed E-state index contributed by atoms with van der Waals surface area (Å²) in [5, 5.41) is 2.71. The van der Waals surface area contributed by atoms with Crippen LogP contribution in [0.15, 0.2) is 24.3 Å². The number of rotatable bonds is 7. The molecule has 0 bridgehead atoms. The third-order valence-electron chi connectivity index (χ3n) is 2.12. The zero-order chi connectivity index (χ0) is 12.5. The van der Waals surface area contributed by atoms with E-state index in [0.29, 0.717) is 26.1 Å². The first kappa shape index (κ1) is 16.5. The van der Waals surface area contributed by atoms with Gasteiger partial charge in [-0.05, 0) is 24.3 Å². The Bertz CT molecular complexity index is 344. The molecule has 0 aliphatic rings. The maximum Gasteiger partial charge on any atom is 0.221 e. The molecule has 0 unspecified atom stereocenters. The highest BCUT2D eigenvalue weighted by Gasteiger charge is 1.98. The molecule has 0 aromatic heterocycles. The minimum absolute atomic E-state index is 0. The molecule has 0 saturated carbocycles. The van der Waals surface area contributed by atoms with Crippen molar-refractivity contribution < 1.29 is 14.3 Å². The fourth-order valence-corrected chi connectivity index (χ4v) is 1.25. The molecule has 0 saturated heterocycles. The molecule has 0 aliphatic carbocycles. The predicted octanol–water partition coefficient (Wildman–Crippen LogP) is 0.961. The van der Waals surface area contributed by atoms with E-state index >= 15 is 0 Å². The Labute approximate surface area is 113 Å². The van der Waals surface area contributed by atoms with Gasteiger partial charge >= 0.3 is 0 Å². The third kappa shape index (κ3) is 6.32. The van der Waals surface area contributed by atoms with E-state index in [2.05, 4.69) is 5.32 Å². The number of hydrogen-bond donors (Lipinski definition) is 2. The van der Waals surface area contributed by atoms with Gasteiger partial charge in [-0.3, -0.25) is 4.79 Å². The summed E-state index contributed by atoms with van der Waals surface area (Å²) in [7, 11) is 1.61. The first-order valence-electron chi connectivity index (χ1n) is 5.50. The number of carbonyl (C=O) groups excluding carboxylic acids is 1. The van der Waals surface area contributed by atoms with Gasteiger partial charge in [0.1, 0.15) is 18.1 Å². The molecular formula is C12H19ClN2O3. The van der Waals surface area contributed by atoms with Gasteiger partial charge in [-0.1, -0.05) is 0 Å². The van der Waals surface area contributed by atoms with Crippen molar-refractivity contribution in [3.63, 3.8) is 0 Å². The summed E-state index contributed by atoms with van der Waals surface area (Å²) in [5.74, 6) is 1.48. The first-order valence-corrected chi connectivity index (χ1v) is 5.50. The molecule has 6 heteroatoms. The lowest BCUT2D eigenvalue weighted by atomic mass is 10.3. The monoisotopic (exact) mass is 274 g/mol. The molecule has 0 fully saturated rings. The van der Waals surface area contributed by atoms with Gasteiger partial charge in [-0.2, -0.15) is 0 Å². The van der Waals surface area contributed by atoms with Crippen LogP contribution in [0.25, 0.3) is 0 Å². The average molecular weight is 275 g/mol. The van der Waals surface area contributed by atoms with Gasteiger partial charge in [0.2, 0.25) is 5.91 Å². The van der Waals surface area contributed by atoms with E-state index < -0.39 is 0 Å². The third-order valence-corrected chi connectivity index (χ3v) is 2.12. The highest BCUT2D eigenvalue weighted by atomic mass is 35.5. The van der Waals surface area contributed by atoms with Crippen LogP contribution in [0.2, 0.25) is 0 Å². The zero-order valence-corrected chi connectivity index (χ0v) is 11.2. The standard InChI is InChI=1S/C12H18N2O3.ClH/c1-16-10-2-4-11(5-3-10)17-9-8-14-12(15)6-7-13;/h2-5H,6-9,13H2,1H3,(H,14,15);1H. The van der Waals surface area contributed by atoms with E-state index in [9.17, 15) is 4.79 Å². The van der Waals surface area contributed by atoms with E-state index in [1.165, 1.54) is 0 Å². The number of benzene rings is 1. The van der Waals surface area contributed by atoms with Crippen LogP contribution in [-0.4, -0.2) is 32.7 Å². The molecule has 1 aromatic rings. The van der Waals surface area contributed by atoms with Gasteiger partial charge in [0.05, 0.1) is 13.7 Å². The number of hydrogen-bond acceptors (Lipinski definition) is 4. The van der Waals surface area contributed by atoms with Crippen LogP contribution in [0.3, 0.4) is 0 Å². The molecule has 1 amide bonds. The van der Waals surface area contributed by atoms with Crippen molar-refractivity contribution in [2.75, 3.05) is 26.8 Å². The summed E-state index contributed by atoms with van der Waals surface area (Å²) in [6.07, 6.45) is 0.350. The van der Waals surface area contributed by atoms with Crippen molar-refractivity contribution in [2.45, 2.75) is 6.42 Å². The molecule has 1 rings (SSSR count).